The van der Waals surface area contributed by atoms with Gasteiger partial charge in [0.2, 0.25) is 0 Å². The van der Waals surface area contributed by atoms with Crippen molar-refractivity contribution in [3.05, 3.63) is 34.4 Å². The van der Waals surface area contributed by atoms with Crippen molar-refractivity contribution in [2.45, 2.75) is 73.1 Å². The highest BCUT2D eigenvalue weighted by atomic mass is 14.4. The summed E-state index contributed by atoms with van der Waals surface area (Å²) in [6.07, 6.45) is 13.0. The van der Waals surface area contributed by atoms with Crippen molar-refractivity contribution in [1.82, 2.24) is 0 Å². The molecule has 0 heteroatoms. The first-order valence-electron chi connectivity index (χ1n) is 8.48. The standard InChI is InChI=1S/C20H32/c1-14(2)7-6-8-16(4)19-12-10-17(5)18-11-9-15(3)13-20(18)19/h7,13,16,19-20H,6,8-12H2,1-5H3/t16-,19-,20-/m0/s1. The highest BCUT2D eigenvalue weighted by Gasteiger charge is 2.33. The monoisotopic (exact) mass is 272 g/mol. The summed E-state index contributed by atoms with van der Waals surface area (Å²) in [5, 5.41) is 0. The Morgan fingerprint density at radius 1 is 1.25 bits per heavy atom. The van der Waals surface area contributed by atoms with Crippen LogP contribution in [0.2, 0.25) is 0 Å². The normalized spacial score (nSPS) is 27.8. The lowest BCUT2D eigenvalue weighted by Crippen LogP contribution is -2.28. The molecular formula is C20H32. The van der Waals surface area contributed by atoms with E-state index in [4.69, 9.17) is 0 Å². The fraction of sp³-hybridized carbons (Fsp3) is 0.700. The van der Waals surface area contributed by atoms with Crippen LogP contribution in [0.3, 0.4) is 0 Å². The third-order valence-electron chi connectivity index (χ3n) is 5.42. The molecule has 0 saturated heterocycles. The number of allylic oxidation sites excluding steroid dienone is 6. The molecule has 2 aliphatic carbocycles. The number of hydrogen-bond acceptors (Lipinski definition) is 0. The largest absolute Gasteiger partial charge is 0.0859 e. The molecule has 2 rings (SSSR count). The zero-order chi connectivity index (χ0) is 14.7. The Hall–Kier alpha value is -0.780. The van der Waals surface area contributed by atoms with Crippen LogP contribution in [0.5, 0.6) is 0 Å². The maximum atomic E-state index is 2.60. The second-order valence-corrected chi connectivity index (χ2v) is 7.38. The Balaban J connectivity index is 2.08. The summed E-state index contributed by atoms with van der Waals surface area (Å²) in [5.74, 6) is 2.49. The van der Waals surface area contributed by atoms with Crippen LogP contribution in [0.25, 0.3) is 0 Å². The third-order valence-corrected chi connectivity index (χ3v) is 5.42. The Morgan fingerprint density at radius 3 is 2.70 bits per heavy atom. The molecule has 0 aromatic carbocycles. The molecule has 0 saturated carbocycles. The molecule has 2 aliphatic rings. The average Bonchev–Trinajstić information content (AvgIpc) is 2.38. The predicted molar refractivity (Wildman–Crippen MR) is 89.7 cm³/mol. The van der Waals surface area contributed by atoms with Gasteiger partial charge in [-0.3, -0.25) is 0 Å². The zero-order valence-electron chi connectivity index (χ0n) is 14.1. The smallest absolute Gasteiger partial charge is 0.00129 e. The van der Waals surface area contributed by atoms with Crippen molar-refractivity contribution in [3.63, 3.8) is 0 Å². The first-order valence-corrected chi connectivity index (χ1v) is 8.48. The summed E-state index contributed by atoms with van der Waals surface area (Å²) in [5.41, 5.74) is 6.58. The van der Waals surface area contributed by atoms with E-state index in [-0.39, 0.29) is 0 Å². The minimum atomic E-state index is 0.763. The average molecular weight is 272 g/mol. The number of rotatable bonds is 4. The van der Waals surface area contributed by atoms with Gasteiger partial charge in [0.25, 0.3) is 0 Å². The topological polar surface area (TPSA) is 0 Å². The van der Waals surface area contributed by atoms with Gasteiger partial charge in [-0.05, 0) is 78.1 Å². The van der Waals surface area contributed by atoms with E-state index in [1.807, 2.05) is 0 Å². The van der Waals surface area contributed by atoms with Gasteiger partial charge >= 0.3 is 0 Å². The van der Waals surface area contributed by atoms with Crippen LogP contribution in [-0.2, 0) is 0 Å². The SMILES string of the molecule is CC(C)=CCC[C@H](C)[C@@H]1CCC(C)=C2CCC(C)=C[C@@H]21. The van der Waals surface area contributed by atoms with Gasteiger partial charge < -0.3 is 0 Å². The molecular weight excluding hydrogens is 240 g/mol. The highest BCUT2D eigenvalue weighted by molar-refractivity contribution is 5.30. The Bertz CT molecular complexity index is 429. The molecule has 0 aliphatic heterocycles. The molecule has 0 amide bonds. The fourth-order valence-corrected chi connectivity index (χ4v) is 4.08. The van der Waals surface area contributed by atoms with Gasteiger partial charge in [-0.15, -0.1) is 0 Å². The molecule has 0 spiro atoms. The van der Waals surface area contributed by atoms with E-state index in [9.17, 15) is 0 Å². The molecule has 0 nitrogen and oxygen atoms in total. The van der Waals surface area contributed by atoms with Crippen LogP contribution < -0.4 is 0 Å². The van der Waals surface area contributed by atoms with Crippen molar-refractivity contribution in [2.75, 3.05) is 0 Å². The van der Waals surface area contributed by atoms with Gasteiger partial charge in [-0.1, -0.05) is 41.4 Å². The molecule has 3 atom stereocenters. The van der Waals surface area contributed by atoms with E-state index >= 15 is 0 Å². The summed E-state index contributed by atoms with van der Waals surface area (Å²) < 4.78 is 0. The lowest BCUT2D eigenvalue weighted by atomic mass is 9.66. The van der Waals surface area contributed by atoms with Gasteiger partial charge in [0.1, 0.15) is 0 Å². The van der Waals surface area contributed by atoms with Crippen molar-refractivity contribution in [1.29, 1.82) is 0 Å². The first kappa shape index (κ1) is 15.6. The third kappa shape index (κ3) is 3.65. The lowest BCUT2D eigenvalue weighted by molar-refractivity contribution is 0.250. The van der Waals surface area contributed by atoms with E-state index in [0.29, 0.717) is 0 Å². The quantitative estimate of drug-likeness (QED) is 0.516. The van der Waals surface area contributed by atoms with Gasteiger partial charge in [0, 0.05) is 5.92 Å². The number of fused-ring (bicyclic) bond motifs is 1. The summed E-state index contributed by atoms with van der Waals surface area (Å²) in [6, 6.07) is 0. The minimum absolute atomic E-state index is 0.763. The predicted octanol–water partition coefficient (Wildman–Crippen LogP) is 6.45. The molecule has 0 heterocycles. The summed E-state index contributed by atoms with van der Waals surface area (Å²) in [6.45, 7) is 11.6. The molecule has 0 N–H and O–H groups in total. The van der Waals surface area contributed by atoms with E-state index in [1.54, 1.807) is 16.7 Å². The summed E-state index contributed by atoms with van der Waals surface area (Å²) in [4.78, 5) is 0. The molecule has 112 valence electrons. The second-order valence-electron chi connectivity index (χ2n) is 7.38. The molecule has 0 bridgehead atoms. The van der Waals surface area contributed by atoms with Gasteiger partial charge in [0.15, 0.2) is 0 Å². The van der Waals surface area contributed by atoms with E-state index in [0.717, 1.165) is 17.8 Å². The van der Waals surface area contributed by atoms with Crippen molar-refractivity contribution in [2.24, 2.45) is 17.8 Å². The van der Waals surface area contributed by atoms with E-state index in [1.165, 1.54) is 44.1 Å². The molecule has 0 unspecified atom stereocenters. The molecule has 0 fully saturated rings. The Kier molecular flexibility index (Phi) is 5.29. The molecule has 0 radical (unpaired) electrons. The lowest BCUT2D eigenvalue weighted by Gasteiger charge is -2.39. The Morgan fingerprint density at radius 2 is 2.00 bits per heavy atom. The van der Waals surface area contributed by atoms with E-state index in [2.05, 4.69) is 46.8 Å². The van der Waals surface area contributed by atoms with Gasteiger partial charge in [-0.2, -0.15) is 0 Å². The maximum absolute atomic E-state index is 2.60. The van der Waals surface area contributed by atoms with Crippen molar-refractivity contribution >= 4 is 0 Å². The summed E-state index contributed by atoms with van der Waals surface area (Å²) in [7, 11) is 0. The van der Waals surface area contributed by atoms with Crippen LogP contribution in [0, 0.1) is 17.8 Å². The fourth-order valence-electron chi connectivity index (χ4n) is 4.08. The van der Waals surface area contributed by atoms with Gasteiger partial charge in [0.05, 0.1) is 0 Å². The zero-order valence-corrected chi connectivity index (χ0v) is 14.1. The molecule has 20 heavy (non-hydrogen) atoms. The van der Waals surface area contributed by atoms with Crippen LogP contribution in [0.15, 0.2) is 34.4 Å². The molecule has 0 aromatic heterocycles. The second kappa shape index (κ2) is 6.78. The summed E-state index contributed by atoms with van der Waals surface area (Å²) >= 11 is 0. The van der Waals surface area contributed by atoms with Crippen LogP contribution in [0.4, 0.5) is 0 Å². The van der Waals surface area contributed by atoms with Crippen molar-refractivity contribution < 1.29 is 0 Å². The van der Waals surface area contributed by atoms with Crippen LogP contribution in [-0.4, -0.2) is 0 Å². The molecule has 0 aromatic rings. The van der Waals surface area contributed by atoms with E-state index < -0.39 is 0 Å². The Labute approximate surface area is 126 Å². The highest BCUT2D eigenvalue weighted by Crippen LogP contribution is 2.45. The number of hydrogen-bond donors (Lipinski definition) is 0. The van der Waals surface area contributed by atoms with Crippen molar-refractivity contribution in [3.8, 4) is 0 Å². The minimum Gasteiger partial charge on any atom is -0.0859 e. The maximum Gasteiger partial charge on any atom is 0.00129 e. The van der Waals surface area contributed by atoms with Gasteiger partial charge in [-0.25, -0.2) is 0 Å². The first-order chi connectivity index (χ1) is 9.49. The van der Waals surface area contributed by atoms with Crippen LogP contribution in [0.1, 0.15) is 73.1 Å². The van der Waals surface area contributed by atoms with Crippen LogP contribution >= 0.6 is 0 Å².